The molecule has 10 nitrogen and oxygen atoms in total. The SMILES string of the molecule is C=CC1=CN2C(=O)C(NC(=O)C(=NO)c3csc(N)n3)[C@H]2SC1C(C)OC(C)=O. The lowest BCUT2D eigenvalue weighted by molar-refractivity contribution is -0.146. The third kappa shape index (κ3) is 3.98. The number of hydrogen-bond acceptors (Lipinski definition) is 10. The van der Waals surface area contributed by atoms with Gasteiger partial charge in [-0.05, 0) is 12.5 Å². The van der Waals surface area contributed by atoms with E-state index < -0.39 is 29.4 Å². The van der Waals surface area contributed by atoms with Crippen LogP contribution in [0.15, 0.2) is 35.0 Å². The molecular formula is C17H19N5O5S2. The van der Waals surface area contributed by atoms with Crippen LogP contribution in [0.3, 0.4) is 0 Å². The number of anilines is 1. The van der Waals surface area contributed by atoms with Crippen molar-refractivity contribution in [3.05, 3.63) is 35.5 Å². The molecule has 1 fully saturated rings. The standard InChI is InChI=1S/C17H19N5O5S2/c1-4-9-5-22-15(25)12(16(22)29-13(9)7(2)27-8(3)23)20-14(24)11(21-26)10-6-28-17(18)19-10/h4-7,12-13,16,26H,1H2,2-3H3,(H2,18,19)(H,20,24)/t7?,12?,13?,16-/m1/s1. The molecule has 1 saturated heterocycles. The molecule has 2 amide bonds. The normalized spacial score (nSPS) is 24.7. The molecule has 4 N–H and O–H groups in total. The van der Waals surface area contributed by atoms with Gasteiger partial charge >= 0.3 is 5.97 Å². The monoisotopic (exact) mass is 437 g/mol. The van der Waals surface area contributed by atoms with E-state index in [2.05, 4.69) is 22.0 Å². The minimum Gasteiger partial charge on any atom is -0.461 e. The number of nitrogens with one attached hydrogen (secondary N) is 1. The molecule has 0 spiro atoms. The molecule has 1 aromatic rings. The Morgan fingerprint density at radius 1 is 1.55 bits per heavy atom. The van der Waals surface area contributed by atoms with Crippen LogP contribution in [0.2, 0.25) is 0 Å². The van der Waals surface area contributed by atoms with E-state index in [4.69, 9.17) is 10.5 Å². The fourth-order valence-corrected chi connectivity index (χ4v) is 5.13. The van der Waals surface area contributed by atoms with E-state index in [0.29, 0.717) is 0 Å². The lowest BCUT2D eigenvalue weighted by atomic mass is 10.0. The summed E-state index contributed by atoms with van der Waals surface area (Å²) in [5.74, 6) is -1.48. The van der Waals surface area contributed by atoms with E-state index in [1.54, 1.807) is 19.2 Å². The summed E-state index contributed by atoms with van der Waals surface area (Å²) >= 11 is 2.47. The number of β-lactam (4-membered cyclic amide) rings is 1. The number of esters is 1. The second-order valence-corrected chi connectivity index (χ2v) is 8.46. The van der Waals surface area contributed by atoms with Crippen molar-refractivity contribution < 1.29 is 24.3 Å². The molecule has 1 aromatic heterocycles. The molecule has 12 heteroatoms. The smallest absolute Gasteiger partial charge is 0.302 e. The van der Waals surface area contributed by atoms with Crippen LogP contribution in [0.5, 0.6) is 0 Å². The van der Waals surface area contributed by atoms with Crippen LogP contribution in [0.1, 0.15) is 19.5 Å². The number of ether oxygens (including phenoxy) is 1. The van der Waals surface area contributed by atoms with Crippen molar-refractivity contribution in [2.24, 2.45) is 5.16 Å². The maximum atomic E-state index is 12.5. The molecule has 0 aliphatic carbocycles. The first-order chi connectivity index (χ1) is 13.8. The summed E-state index contributed by atoms with van der Waals surface area (Å²) in [6.45, 7) is 6.83. The van der Waals surface area contributed by atoms with Gasteiger partial charge in [-0.3, -0.25) is 14.4 Å². The molecule has 3 unspecified atom stereocenters. The third-order valence-electron chi connectivity index (χ3n) is 4.36. The summed E-state index contributed by atoms with van der Waals surface area (Å²) in [6.07, 6.45) is 2.80. The second-order valence-electron chi connectivity index (χ2n) is 6.31. The Hall–Kier alpha value is -2.86. The molecule has 3 rings (SSSR count). The number of carbonyl (C=O) groups excluding carboxylic acids is 3. The van der Waals surface area contributed by atoms with Crippen molar-refractivity contribution in [1.29, 1.82) is 0 Å². The van der Waals surface area contributed by atoms with Crippen molar-refractivity contribution in [1.82, 2.24) is 15.2 Å². The zero-order valence-corrected chi connectivity index (χ0v) is 17.2. The van der Waals surface area contributed by atoms with Crippen molar-refractivity contribution >= 4 is 51.7 Å². The molecule has 2 aliphatic heterocycles. The highest BCUT2D eigenvalue weighted by molar-refractivity contribution is 8.01. The number of oxime groups is 1. The predicted molar refractivity (Wildman–Crippen MR) is 108 cm³/mol. The third-order valence-corrected chi connectivity index (χ3v) is 6.76. The number of amides is 2. The zero-order valence-electron chi connectivity index (χ0n) is 15.6. The van der Waals surface area contributed by atoms with Crippen LogP contribution in [0.4, 0.5) is 5.13 Å². The predicted octanol–water partition coefficient (Wildman–Crippen LogP) is 0.694. The highest BCUT2D eigenvalue weighted by Crippen LogP contribution is 2.42. The zero-order chi connectivity index (χ0) is 21.3. The Kier molecular flexibility index (Phi) is 5.94. The Balaban J connectivity index is 1.75. The summed E-state index contributed by atoms with van der Waals surface area (Å²) in [6, 6.07) is -0.838. The summed E-state index contributed by atoms with van der Waals surface area (Å²) < 4.78 is 5.28. The maximum Gasteiger partial charge on any atom is 0.302 e. The van der Waals surface area contributed by atoms with Crippen molar-refractivity contribution in [2.75, 3.05) is 5.73 Å². The van der Waals surface area contributed by atoms with E-state index in [-0.39, 0.29) is 27.7 Å². The number of nitrogen functional groups attached to an aromatic ring is 1. The number of aromatic nitrogens is 1. The van der Waals surface area contributed by atoms with Gasteiger partial charge < -0.3 is 25.9 Å². The Morgan fingerprint density at radius 2 is 2.28 bits per heavy atom. The van der Waals surface area contributed by atoms with Gasteiger partial charge in [0.2, 0.25) is 0 Å². The Bertz CT molecular complexity index is 927. The summed E-state index contributed by atoms with van der Waals surface area (Å²) in [5.41, 5.74) is 6.07. The summed E-state index contributed by atoms with van der Waals surface area (Å²) in [7, 11) is 0. The first-order valence-electron chi connectivity index (χ1n) is 8.50. The van der Waals surface area contributed by atoms with E-state index in [0.717, 1.165) is 16.9 Å². The highest BCUT2D eigenvalue weighted by Gasteiger charge is 2.52. The number of nitrogens with zero attached hydrogens (tertiary/aromatic N) is 3. The average molecular weight is 438 g/mol. The van der Waals surface area contributed by atoms with E-state index in [1.807, 2.05) is 0 Å². The number of allylic oxidation sites excluding steroid dienone is 1. The molecule has 3 heterocycles. The van der Waals surface area contributed by atoms with E-state index >= 15 is 0 Å². The Morgan fingerprint density at radius 3 is 2.83 bits per heavy atom. The van der Waals surface area contributed by atoms with Crippen LogP contribution in [-0.4, -0.2) is 61.4 Å². The van der Waals surface area contributed by atoms with Gasteiger partial charge in [-0.15, -0.1) is 23.1 Å². The highest BCUT2D eigenvalue weighted by atomic mass is 32.2. The number of hydrogen-bond donors (Lipinski definition) is 3. The molecular weight excluding hydrogens is 418 g/mol. The first-order valence-corrected chi connectivity index (χ1v) is 10.3. The summed E-state index contributed by atoms with van der Waals surface area (Å²) in [5, 5.41) is 15.8. The van der Waals surface area contributed by atoms with Gasteiger partial charge in [-0.25, -0.2) is 4.98 Å². The number of thioether (sulfide) groups is 1. The fourth-order valence-electron chi connectivity index (χ4n) is 3.06. The quantitative estimate of drug-likeness (QED) is 0.194. The molecule has 154 valence electrons. The van der Waals surface area contributed by atoms with Crippen molar-refractivity contribution in [2.45, 2.75) is 36.6 Å². The lowest BCUT2D eigenvalue weighted by Crippen LogP contribution is -2.69. The van der Waals surface area contributed by atoms with Crippen LogP contribution in [-0.2, 0) is 19.1 Å². The molecule has 2 aliphatic rings. The number of rotatable bonds is 6. The van der Waals surface area contributed by atoms with Gasteiger partial charge in [-0.2, -0.15) is 0 Å². The Labute approximate surface area is 174 Å². The van der Waals surface area contributed by atoms with E-state index in [1.165, 1.54) is 29.0 Å². The number of thiazole rings is 1. The molecule has 0 saturated carbocycles. The van der Waals surface area contributed by atoms with Crippen LogP contribution in [0.25, 0.3) is 0 Å². The van der Waals surface area contributed by atoms with Gasteiger partial charge in [0.25, 0.3) is 11.8 Å². The minimum absolute atomic E-state index is 0.114. The van der Waals surface area contributed by atoms with Crippen LogP contribution >= 0.6 is 23.1 Å². The van der Waals surface area contributed by atoms with Gasteiger partial charge in [-0.1, -0.05) is 17.8 Å². The number of fused-ring (bicyclic) bond motifs is 1. The van der Waals surface area contributed by atoms with E-state index in [9.17, 15) is 19.6 Å². The van der Waals surface area contributed by atoms with Gasteiger partial charge in [0.05, 0.1) is 5.25 Å². The maximum absolute atomic E-state index is 12.5. The van der Waals surface area contributed by atoms with Gasteiger partial charge in [0, 0.05) is 18.5 Å². The van der Waals surface area contributed by atoms with Crippen LogP contribution in [0, 0.1) is 0 Å². The largest absolute Gasteiger partial charge is 0.461 e. The van der Waals surface area contributed by atoms with Crippen LogP contribution < -0.4 is 11.1 Å². The lowest BCUT2D eigenvalue weighted by Gasteiger charge is -2.49. The molecule has 0 bridgehead atoms. The first kappa shape index (κ1) is 20.9. The van der Waals surface area contributed by atoms with Crippen molar-refractivity contribution in [3.8, 4) is 0 Å². The average Bonchev–Trinajstić information content (AvgIpc) is 3.10. The minimum atomic E-state index is -0.838. The number of carbonyl (C=O) groups is 3. The van der Waals surface area contributed by atoms with Gasteiger partial charge in [0.15, 0.2) is 10.8 Å². The van der Waals surface area contributed by atoms with Crippen molar-refractivity contribution in [3.63, 3.8) is 0 Å². The second kappa shape index (κ2) is 8.25. The molecule has 29 heavy (non-hydrogen) atoms. The fraction of sp³-hybridized carbons (Fsp3) is 0.353. The number of nitrogens with two attached hydrogens (primary N) is 1. The molecule has 4 atom stereocenters. The topological polar surface area (TPSA) is 147 Å². The molecule has 0 radical (unpaired) electrons. The van der Waals surface area contributed by atoms with Gasteiger partial charge in [0.1, 0.15) is 23.2 Å². The molecule has 0 aromatic carbocycles. The summed E-state index contributed by atoms with van der Waals surface area (Å²) in [4.78, 5) is 41.7.